The highest BCUT2D eigenvalue weighted by Gasteiger charge is 2.16. The minimum atomic E-state index is 0.0634. The van der Waals surface area contributed by atoms with Gasteiger partial charge < -0.3 is 5.32 Å². The van der Waals surface area contributed by atoms with E-state index >= 15 is 0 Å². The van der Waals surface area contributed by atoms with Crippen LogP contribution in [0.2, 0.25) is 0 Å². The molecule has 0 aliphatic carbocycles. The maximum Gasteiger partial charge on any atom is 0.229 e. The summed E-state index contributed by atoms with van der Waals surface area (Å²) in [6.45, 7) is 10.7. The van der Waals surface area contributed by atoms with Gasteiger partial charge in [0.1, 0.15) is 0 Å². The number of nitrogens with one attached hydrogen (secondary N) is 1. The lowest BCUT2D eigenvalue weighted by Gasteiger charge is -2.18. The van der Waals surface area contributed by atoms with Crippen LogP contribution in [0.15, 0.2) is 29.6 Å². The number of hydrogen-bond donors (Lipinski definition) is 1. The fourth-order valence-corrected chi connectivity index (χ4v) is 3.19. The van der Waals surface area contributed by atoms with Crippen LogP contribution in [0.5, 0.6) is 0 Å². The molecule has 0 fully saturated rings. The first-order chi connectivity index (χ1) is 10.8. The Hall–Kier alpha value is -1.68. The molecule has 0 saturated carbocycles. The number of thiazole rings is 1. The van der Waals surface area contributed by atoms with Crippen LogP contribution in [0.4, 0.5) is 5.13 Å². The average Bonchev–Trinajstić information content (AvgIpc) is 2.96. The van der Waals surface area contributed by atoms with Crippen LogP contribution in [-0.4, -0.2) is 10.9 Å². The van der Waals surface area contributed by atoms with Crippen LogP contribution in [-0.2, 0) is 10.2 Å². The van der Waals surface area contributed by atoms with E-state index in [9.17, 15) is 4.79 Å². The molecule has 0 radical (unpaired) electrons. The summed E-state index contributed by atoms with van der Waals surface area (Å²) in [7, 11) is 0. The summed E-state index contributed by atoms with van der Waals surface area (Å²) in [4.78, 5) is 16.7. The molecule has 1 aromatic carbocycles. The van der Waals surface area contributed by atoms with Crippen molar-refractivity contribution >= 4 is 22.4 Å². The predicted octanol–water partition coefficient (Wildman–Crippen LogP) is 5.48. The first kappa shape index (κ1) is 17.7. The van der Waals surface area contributed by atoms with Gasteiger partial charge in [-0.2, -0.15) is 0 Å². The average molecular weight is 330 g/mol. The highest BCUT2D eigenvalue weighted by Crippen LogP contribution is 2.28. The smallest absolute Gasteiger partial charge is 0.229 e. The number of carbonyl (C=O) groups excluding carboxylic acids is 1. The summed E-state index contributed by atoms with van der Waals surface area (Å²) >= 11 is 1.48. The van der Waals surface area contributed by atoms with E-state index in [1.54, 1.807) is 0 Å². The van der Waals surface area contributed by atoms with Crippen molar-refractivity contribution < 1.29 is 4.79 Å². The van der Waals surface area contributed by atoms with Crippen LogP contribution < -0.4 is 5.32 Å². The lowest BCUT2D eigenvalue weighted by atomic mass is 9.86. The topological polar surface area (TPSA) is 42.0 Å². The first-order valence-electron chi connectivity index (χ1n) is 8.22. The summed E-state index contributed by atoms with van der Waals surface area (Å²) in [5.41, 5.74) is 3.45. The van der Waals surface area contributed by atoms with Crippen molar-refractivity contribution in [2.24, 2.45) is 5.92 Å². The normalized spacial score (nSPS) is 11.7. The number of rotatable bonds is 5. The van der Waals surface area contributed by atoms with Gasteiger partial charge in [0.2, 0.25) is 5.91 Å². The van der Waals surface area contributed by atoms with Crippen molar-refractivity contribution in [1.29, 1.82) is 0 Å². The Morgan fingerprint density at radius 1 is 1.17 bits per heavy atom. The molecule has 23 heavy (non-hydrogen) atoms. The fraction of sp³-hybridized carbons (Fsp3) is 0.474. The molecule has 0 unspecified atom stereocenters. The third-order valence-corrected chi connectivity index (χ3v) is 4.90. The molecule has 0 aliphatic heterocycles. The van der Waals surface area contributed by atoms with Gasteiger partial charge in [0.25, 0.3) is 0 Å². The van der Waals surface area contributed by atoms with E-state index in [0.717, 1.165) is 24.1 Å². The van der Waals surface area contributed by atoms with Gasteiger partial charge in [0, 0.05) is 16.9 Å². The Labute approximate surface area is 143 Å². The molecule has 0 aliphatic rings. The molecule has 3 nitrogen and oxygen atoms in total. The van der Waals surface area contributed by atoms with Crippen molar-refractivity contribution in [3.05, 3.63) is 35.2 Å². The van der Waals surface area contributed by atoms with Crippen molar-refractivity contribution in [1.82, 2.24) is 4.98 Å². The molecule has 1 aromatic heterocycles. The van der Waals surface area contributed by atoms with Gasteiger partial charge in [0.15, 0.2) is 5.13 Å². The van der Waals surface area contributed by atoms with Crippen molar-refractivity contribution in [3.63, 3.8) is 0 Å². The Morgan fingerprint density at radius 3 is 2.30 bits per heavy atom. The SMILES string of the molecule is CCC(CC)C(=O)Nc1nc(-c2ccc(C(C)(C)C)cc2)cs1. The predicted molar refractivity (Wildman–Crippen MR) is 99.0 cm³/mol. The van der Waals surface area contributed by atoms with Crippen LogP contribution in [0, 0.1) is 5.92 Å². The highest BCUT2D eigenvalue weighted by molar-refractivity contribution is 7.14. The zero-order valence-electron chi connectivity index (χ0n) is 14.6. The maximum atomic E-state index is 12.1. The molecule has 1 amide bonds. The number of nitrogens with zero attached hydrogens (tertiary/aromatic N) is 1. The number of anilines is 1. The summed E-state index contributed by atoms with van der Waals surface area (Å²) in [5.74, 6) is 0.132. The molecular formula is C19H26N2OS. The Kier molecular flexibility index (Phi) is 5.58. The van der Waals surface area contributed by atoms with Gasteiger partial charge in [-0.1, -0.05) is 58.9 Å². The molecule has 0 spiro atoms. The van der Waals surface area contributed by atoms with Crippen molar-refractivity contribution in [3.8, 4) is 11.3 Å². The van der Waals surface area contributed by atoms with Gasteiger partial charge in [-0.05, 0) is 23.8 Å². The minimum absolute atomic E-state index is 0.0634. The fourth-order valence-electron chi connectivity index (χ4n) is 2.47. The van der Waals surface area contributed by atoms with Crippen molar-refractivity contribution in [2.75, 3.05) is 5.32 Å². The second kappa shape index (κ2) is 7.26. The molecule has 0 bridgehead atoms. The number of benzene rings is 1. The van der Waals surface area contributed by atoms with E-state index in [1.807, 2.05) is 19.2 Å². The largest absolute Gasteiger partial charge is 0.302 e. The molecule has 2 rings (SSSR count). The van der Waals surface area contributed by atoms with E-state index < -0.39 is 0 Å². The molecule has 1 N–H and O–H groups in total. The summed E-state index contributed by atoms with van der Waals surface area (Å²) < 4.78 is 0. The third kappa shape index (κ3) is 4.41. The molecule has 0 atom stereocenters. The number of carbonyl (C=O) groups is 1. The van der Waals surface area contributed by atoms with E-state index in [4.69, 9.17) is 0 Å². The lowest BCUT2D eigenvalue weighted by molar-refractivity contribution is -0.120. The van der Waals surface area contributed by atoms with Gasteiger partial charge in [-0.3, -0.25) is 4.79 Å². The van der Waals surface area contributed by atoms with E-state index in [2.05, 4.69) is 55.3 Å². The molecule has 4 heteroatoms. The number of amides is 1. The molecule has 124 valence electrons. The second-order valence-electron chi connectivity index (χ2n) is 6.87. The first-order valence-corrected chi connectivity index (χ1v) is 9.10. The Bertz CT molecular complexity index is 649. The molecular weight excluding hydrogens is 304 g/mol. The number of hydrogen-bond acceptors (Lipinski definition) is 3. The van der Waals surface area contributed by atoms with Gasteiger partial charge in [-0.25, -0.2) is 4.98 Å². The van der Waals surface area contributed by atoms with Crippen molar-refractivity contribution in [2.45, 2.75) is 52.9 Å². The maximum absolute atomic E-state index is 12.1. The molecule has 2 aromatic rings. The van der Waals surface area contributed by atoms with Crippen LogP contribution >= 0.6 is 11.3 Å². The Balaban J connectivity index is 2.11. The quantitative estimate of drug-likeness (QED) is 0.788. The lowest BCUT2D eigenvalue weighted by Crippen LogP contribution is -2.21. The molecule has 1 heterocycles. The number of aromatic nitrogens is 1. The van der Waals surface area contributed by atoms with Gasteiger partial charge in [0.05, 0.1) is 5.69 Å². The van der Waals surface area contributed by atoms with E-state index in [0.29, 0.717) is 5.13 Å². The highest BCUT2D eigenvalue weighted by atomic mass is 32.1. The van der Waals surface area contributed by atoms with Crippen LogP contribution in [0.3, 0.4) is 0 Å². The zero-order chi connectivity index (χ0) is 17.0. The van der Waals surface area contributed by atoms with Gasteiger partial charge in [-0.15, -0.1) is 11.3 Å². The third-order valence-electron chi connectivity index (χ3n) is 4.14. The van der Waals surface area contributed by atoms with Crippen LogP contribution in [0.25, 0.3) is 11.3 Å². The second-order valence-corrected chi connectivity index (χ2v) is 7.73. The molecule has 0 saturated heterocycles. The summed E-state index contributed by atoms with van der Waals surface area (Å²) in [5, 5.41) is 5.61. The monoisotopic (exact) mass is 330 g/mol. The van der Waals surface area contributed by atoms with Crippen LogP contribution in [0.1, 0.15) is 53.0 Å². The summed E-state index contributed by atoms with van der Waals surface area (Å²) in [6.07, 6.45) is 1.71. The zero-order valence-corrected chi connectivity index (χ0v) is 15.5. The standard InChI is InChI=1S/C19H26N2OS/c1-6-13(7-2)17(22)21-18-20-16(12-23-18)14-8-10-15(11-9-14)19(3,4)5/h8-13H,6-7H2,1-5H3,(H,20,21,22). The summed E-state index contributed by atoms with van der Waals surface area (Å²) in [6, 6.07) is 8.50. The van der Waals surface area contributed by atoms with E-state index in [1.165, 1.54) is 16.9 Å². The van der Waals surface area contributed by atoms with E-state index in [-0.39, 0.29) is 17.2 Å². The minimum Gasteiger partial charge on any atom is -0.302 e. The Morgan fingerprint density at radius 2 is 1.78 bits per heavy atom. The van der Waals surface area contributed by atoms with Gasteiger partial charge >= 0.3 is 0 Å².